The van der Waals surface area contributed by atoms with Crippen molar-refractivity contribution in [2.45, 2.75) is 51.5 Å². The fraction of sp³-hybridized carbons (Fsp3) is 0.857. The molecular formula is C14H25NO. The van der Waals surface area contributed by atoms with Crippen molar-refractivity contribution in [3.63, 3.8) is 0 Å². The average Bonchev–Trinajstić information content (AvgIpc) is 2.15. The smallest absolute Gasteiger partial charge is 0.0613 e. The second-order valence-corrected chi connectivity index (χ2v) is 5.97. The number of hydrogen-bond acceptors (Lipinski definition) is 2. The van der Waals surface area contributed by atoms with Gasteiger partial charge >= 0.3 is 0 Å². The van der Waals surface area contributed by atoms with E-state index in [0.717, 1.165) is 31.2 Å². The van der Waals surface area contributed by atoms with E-state index in [1.807, 2.05) is 0 Å². The lowest BCUT2D eigenvalue weighted by molar-refractivity contribution is 0.0830. The van der Waals surface area contributed by atoms with Crippen LogP contribution in [0.3, 0.4) is 0 Å². The standard InChI is InChI=1S/C14H25NO/c1-11-6-12(2)8-13(7-11)9-15-14(10-16)4-3-5-14/h6,11,13,15-16H,3-5,7-10H2,1-2H3. The molecule has 0 heterocycles. The maximum Gasteiger partial charge on any atom is 0.0613 e. The molecule has 2 N–H and O–H groups in total. The van der Waals surface area contributed by atoms with Crippen molar-refractivity contribution in [1.29, 1.82) is 0 Å². The Morgan fingerprint density at radius 3 is 2.75 bits per heavy atom. The van der Waals surface area contributed by atoms with Gasteiger partial charge in [-0.05, 0) is 57.4 Å². The lowest BCUT2D eigenvalue weighted by Gasteiger charge is -2.42. The van der Waals surface area contributed by atoms with Crippen molar-refractivity contribution in [2.24, 2.45) is 11.8 Å². The number of rotatable bonds is 4. The molecule has 2 nitrogen and oxygen atoms in total. The molecule has 16 heavy (non-hydrogen) atoms. The largest absolute Gasteiger partial charge is 0.394 e. The lowest BCUT2D eigenvalue weighted by Crippen LogP contribution is -2.55. The van der Waals surface area contributed by atoms with Crippen LogP contribution in [0.15, 0.2) is 11.6 Å². The highest BCUT2D eigenvalue weighted by molar-refractivity contribution is 5.07. The van der Waals surface area contributed by atoms with Crippen molar-refractivity contribution in [2.75, 3.05) is 13.2 Å². The third kappa shape index (κ3) is 2.67. The van der Waals surface area contributed by atoms with E-state index in [9.17, 15) is 5.11 Å². The van der Waals surface area contributed by atoms with E-state index in [1.54, 1.807) is 0 Å². The molecule has 0 aromatic rings. The van der Waals surface area contributed by atoms with Crippen molar-refractivity contribution in [1.82, 2.24) is 5.32 Å². The molecule has 0 spiro atoms. The van der Waals surface area contributed by atoms with Crippen LogP contribution in [0, 0.1) is 11.8 Å². The van der Waals surface area contributed by atoms with Crippen LogP contribution >= 0.6 is 0 Å². The van der Waals surface area contributed by atoms with Gasteiger partial charge in [-0.15, -0.1) is 0 Å². The highest BCUT2D eigenvalue weighted by atomic mass is 16.3. The molecule has 2 aliphatic rings. The Bertz CT molecular complexity index is 262. The molecule has 0 bridgehead atoms. The van der Waals surface area contributed by atoms with E-state index in [4.69, 9.17) is 0 Å². The van der Waals surface area contributed by atoms with Gasteiger partial charge in [0.2, 0.25) is 0 Å². The minimum absolute atomic E-state index is 0.0817. The van der Waals surface area contributed by atoms with Crippen LogP contribution in [0.2, 0.25) is 0 Å². The Morgan fingerprint density at radius 1 is 1.50 bits per heavy atom. The Labute approximate surface area is 99.1 Å². The van der Waals surface area contributed by atoms with Crippen LogP contribution in [-0.2, 0) is 0 Å². The summed E-state index contributed by atoms with van der Waals surface area (Å²) in [5, 5.41) is 13.0. The van der Waals surface area contributed by atoms with E-state index < -0.39 is 0 Å². The summed E-state index contributed by atoms with van der Waals surface area (Å²) in [5.74, 6) is 1.50. The van der Waals surface area contributed by atoms with Gasteiger partial charge in [0.05, 0.1) is 6.61 Å². The number of allylic oxidation sites excluding steroid dienone is 2. The van der Waals surface area contributed by atoms with Crippen LogP contribution in [0.4, 0.5) is 0 Å². The highest BCUT2D eigenvalue weighted by Gasteiger charge is 2.36. The predicted molar refractivity (Wildman–Crippen MR) is 67.3 cm³/mol. The van der Waals surface area contributed by atoms with Crippen molar-refractivity contribution >= 4 is 0 Å². The molecule has 2 aliphatic carbocycles. The maximum absolute atomic E-state index is 9.40. The molecule has 1 fully saturated rings. The SMILES string of the molecule is CC1=CC(C)CC(CNC2(CO)CCC2)C1. The summed E-state index contributed by atoms with van der Waals surface area (Å²) >= 11 is 0. The summed E-state index contributed by atoms with van der Waals surface area (Å²) in [4.78, 5) is 0. The predicted octanol–water partition coefficient (Wildman–Crippen LogP) is 2.48. The Morgan fingerprint density at radius 2 is 2.25 bits per heavy atom. The van der Waals surface area contributed by atoms with Crippen LogP contribution in [0.5, 0.6) is 0 Å². The van der Waals surface area contributed by atoms with Gasteiger partial charge in [-0.2, -0.15) is 0 Å². The molecule has 0 amide bonds. The third-order valence-corrected chi connectivity index (χ3v) is 4.26. The summed E-state index contributed by atoms with van der Waals surface area (Å²) in [7, 11) is 0. The fourth-order valence-corrected chi connectivity index (χ4v) is 3.20. The lowest BCUT2D eigenvalue weighted by atomic mass is 9.76. The van der Waals surface area contributed by atoms with Gasteiger partial charge in [-0.25, -0.2) is 0 Å². The van der Waals surface area contributed by atoms with Gasteiger partial charge in [0.1, 0.15) is 0 Å². The van der Waals surface area contributed by atoms with Crippen LogP contribution < -0.4 is 5.32 Å². The van der Waals surface area contributed by atoms with Gasteiger partial charge in [0, 0.05) is 5.54 Å². The molecule has 0 radical (unpaired) electrons. The monoisotopic (exact) mass is 223 g/mol. The molecule has 0 saturated heterocycles. The molecule has 1 saturated carbocycles. The summed E-state index contributed by atoms with van der Waals surface area (Å²) in [6, 6.07) is 0. The zero-order chi connectivity index (χ0) is 11.6. The van der Waals surface area contributed by atoms with E-state index in [2.05, 4.69) is 25.2 Å². The molecule has 0 aromatic heterocycles. The first-order valence-corrected chi connectivity index (χ1v) is 6.67. The summed E-state index contributed by atoms with van der Waals surface area (Å²) < 4.78 is 0. The summed E-state index contributed by atoms with van der Waals surface area (Å²) in [5.41, 5.74) is 1.62. The first-order valence-electron chi connectivity index (χ1n) is 6.67. The van der Waals surface area contributed by atoms with Gasteiger partial charge in [-0.3, -0.25) is 0 Å². The number of aliphatic hydroxyl groups excluding tert-OH is 1. The summed E-state index contributed by atoms with van der Waals surface area (Å²) in [6.45, 7) is 5.94. The highest BCUT2D eigenvalue weighted by Crippen LogP contribution is 2.33. The molecule has 2 unspecified atom stereocenters. The van der Waals surface area contributed by atoms with E-state index in [-0.39, 0.29) is 5.54 Å². The Balaban J connectivity index is 1.80. The van der Waals surface area contributed by atoms with Crippen molar-refractivity contribution in [3.8, 4) is 0 Å². The average molecular weight is 223 g/mol. The molecule has 2 rings (SSSR count). The molecule has 0 aliphatic heterocycles. The van der Waals surface area contributed by atoms with Gasteiger partial charge < -0.3 is 10.4 Å². The number of nitrogens with one attached hydrogen (secondary N) is 1. The quantitative estimate of drug-likeness (QED) is 0.718. The van der Waals surface area contributed by atoms with Crippen molar-refractivity contribution < 1.29 is 5.11 Å². The molecule has 0 aromatic carbocycles. The second kappa shape index (κ2) is 4.89. The molecule has 92 valence electrons. The first-order chi connectivity index (χ1) is 7.63. The van der Waals surface area contributed by atoms with Gasteiger partial charge in [0.25, 0.3) is 0 Å². The first kappa shape index (κ1) is 12.1. The topological polar surface area (TPSA) is 32.3 Å². The normalized spacial score (nSPS) is 33.1. The van der Waals surface area contributed by atoms with E-state index in [0.29, 0.717) is 6.61 Å². The maximum atomic E-state index is 9.40. The van der Waals surface area contributed by atoms with Crippen molar-refractivity contribution in [3.05, 3.63) is 11.6 Å². The Kier molecular flexibility index (Phi) is 3.70. The summed E-state index contributed by atoms with van der Waals surface area (Å²) in [6.07, 6.45) is 8.51. The third-order valence-electron chi connectivity index (χ3n) is 4.26. The minimum Gasteiger partial charge on any atom is -0.394 e. The molecular weight excluding hydrogens is 198 g/mol. The fourth-order valence-electron chi connectivity index (χ4n) is 3.20. The zero-order valence-corrected chi connectivity index (χ0v) is 10.6. The number of aliphatic hydroxyl groups is 1. The number of hydrogen-bond donors (Lipinski definition) is 2. The van der Waals surface area contributed by atoms with Gasteiger partial charge in [-0.1, -0.05) is 18.6 Å². The van der Waals surface area contributed by atoms with Gasteiger partial charge in [0.15, 0.2) is 0 Å². The van der Waals surface area contributed by atoms with E-state index in [1.165, 1.54) is 24.8 Å². The zero-order valence-electron chi connectivity index (χ0n) is 10.6. The minimum atomic E-state index is 0.0817. The molecule has 2 heteroatoms. The molecule has 2 atom stereocenters. The van der Waals surface area contributed by atoms with Crippen LogP contribution in [-0.4, -0.2) is 23.8 Å². The van der Waals surface area contributed by atoms with Crippen LogP contribution in [0.1, 0.15) is 46.0 Å². The van der Waals surface area contributed by atoms with Crippen LogP contribution in [0.25, 0.3) is 0 Å². The second-order valence-electron chi connectivity index (χ2n) is 5.97. The van der Waals surface area contributed by atoms with E-state index >= 15 is 0 Å². The Hall–Kier alpha value is -0.340.